The summed E-state index contributed by atoms with van der Waals surface area (Å²) in [6.07, 6.45) is 2.20. The molecule has 1 fully saturated rings. The first-order chi connectivity index (χ1) is 14.1. The lowest BCUT2D eigenvalue weighted by Gasteiger charge is -2.35. The van der Waals surface area contributed by atoms with Crippen molar-refractivity contribution in [2.24, 2.45) is 0 Å². The molecule has 0 radical (unpaired) electrons. The highest BCUT2D eigenvalue weighted by Gasteiger charge is 2.27. The average molecular weight is 456 g/mol. The zero-order valence-corrected chi connectivity index (χ0v) is 18.1. The van der Waals surface area contributed by atoms with Gasteiger partial charge in [-0.2, -0.15) is 0 Å². The standard InChI is InChI=1S/C23H26BrN3O2/c24-20-7-3-1-5-18(20)9-10-22(28)26-15-13-25(14-16-26)17-23(29)27-12-11-19-6-2-4-8-21(19)27/h1-8H,9-17H2. The highest BCUT2D eigenvalue weighted by atomic mass is 79.9. The van der Waals surface area contributed by atoms with Crippen LogP contribution in [0.3, 0.4) is 0 Å². The zero-order chi connectivity index (χ0) is 20.2. The summed E-state index contributed by atoms with van der Waals surface area (Å²) in [5.74, 6) is 0.351. The second-order valence-electron chi connectivity index (χ2n) is 7.67. The van der Waals surface area contributed by atoms with Gasteiger partial charge in [-0.05, 0) is 36.1 Å². The summed E-state index contributed by atoms with van der Waals surface area (Å²) < 4.78 is 1.06. The summed E-state index contributed by atoms with van der Waals surface area (Å²) in [7, 11) is 0. The zero-order valence-electron chi connectivity index (χ0n) is 16.5. The number of fused-ring (bicyclic) bond motifs is 1. The van der Waals surface area contributed by atoms with Crippen molar-refractivity contribution in [1.29, 1.82) is 0 Å². The fraction of sp³-hybridized carbons (Fsp3) is 0.391. The molecule has 0 unspecified atom stereocenters. The van der Waals surface area contributed by atoms with Crippen molar-refractivity contribution >= 4 is 33.4 Å². The molecule has 6 heteroatoms. The topological polar surface area (TPSA) is 43.9 Å². The number of hydrogen-bond acceptors (Lipinski definition) is 3. The van der Waals surface area contributed by atoms with Gasteiger partial charge in [-0.3, -0.25) is 14.5 Å². The first kappa shape index (κ1) is 20.1. The Labute approximate surface area is 180 Å². The van der Waals surface area contributed by atoms with Crippen LogP contribution in [-0.4, -0.2) is 60.9 Å². The Morgan fingerprint density at radius 2 is 1.59 bits per heavy atom. The van der Waals surface area contributed by atoms with Crippen LogP contribution < -0.4 is 4.90 Å². The van der Waals surface area contributed by atoms with Gasteiger partial charge >= 0.3 is 0 Å². The molecule has 2 amide bonds. The van der Waals surface area contributed by atoms with Crippen LogP contribution in [0.4, 0.5) is 5.69 Å². The number of rotatable bonds is 5. The van der Waals surface area contributed by atoms with Crippen LogP contribution in [-0.2, 0) is 22.4 Å². The van der Waals surface area contributed by atoms with E-state index >= 15 is 0 Å². The predicted molar refractivity (Wildman–Crippen MR) is 118 cm³/mol. The molecule has 2 aromatic carbocycles. The minimum atomic E-state index is 0.156. The lowest BCUT2D eigenvalue weighted by Crippen LogP contribution is -2.51. The van der Waals surface area contributed by atoms with Gasteiger partial charge in [0.25, 0.3) is 0 Å². The minimum absolute atomic E-state index is 0.156. The number of aryl methyl sites for hydroxylation is 1. The molecule has 1 saturated heterocycles. The number of benzene rings is 2. The van der Waals surface area contributed by atoms with E-state index in [1.54, 1.807) is 0 Å². The summed E-state index contributed by atoms with van der Waals surface area (Å²) in [5, 5.41) is 0. The van der Waals surface area contributed by atoms with E-state index in [2.05, 4.69) is 33.0 Å². The molecule has 2 heterocycles. The molecule has 0 atom stereocenters. The molecule has 0 aliphatic carbocycles. The van der Waals surface area contributed by atoms with Gasteiger partial charge in [0, 0.05) is 49.3 Å². The molecule has 29 heavy (non-hydrogen) atoms. The summed E-state index contributed by atoms with van der Waals surface area (Å²) in [4.78, 5) is 31.4. The second-order valence-corrected chi connectivity index (χ2v) is 8.53. The van der Waals surface area contributed by atoms with Crippen molar-refractivity contribution in [2.75, 3.05) is 44.2 Å². The Kier molecular flexibility index (Phi) is 6.31. The Hall–Kier alpha value is -2.18. The molecule has 5 nitrogen and oxygen atoms in total. The van der Waals surface area contributed by atoms with Crippen LogP contribution >= 0.6 is 15.9 Å². The van der Waals surface area contributed by atoms with Gasteiger partial charge in [0.1, 0.15) is 0 Å². The predicted octanol–water partition coefficient (Wildman–Crippen LogP) is 3.12. The number of hydrogen-bond donors (Lipinski definition) is 0. The van der Waals surface area contributed by atoms with Gasteiger partial charge < -0.3 is 9.80 Å². The van der Waals surface area contributed by atoms with Gasteiger partial charge in [0.05, 0.1) is 6.54 Å². The van der Waals surface area contributed by atoms with E-state index in [1.165, 1.54) is 5.56 Å². The van der Waals surface area contributed by atoms with Crippen LogP contribution in [0.2, 0.25) is 0 Å². The Morgan fingerprint density at radius 1 is 0.862 bits per heavy atom. The number of piperazine rings is 1. The monoisotopic (exact) mass is 455 g/mol. The molecule has 2 aliphatic rings. The van der Waals surface area contributed by atoms with Gasteiger partial charge in [-0.15, -0.1) is 0 Å². The van der Waals surface area contributed by atoms with Crippen molar-refractivity contribution in [3.63, 3.8) is 0 Å². The first-order valence-electron chi connectivity index (χ1n) is 10.2. The molecule has 4 rings (SSSR count). The van der Waals surface area contributed by atoms with E-state index < -0.39 is 0 Å². The summed E-state index contributed by atoms with van der Waals surface area (Å²) in [6, 6.07) is 16.2. The Bertz CT molecular complexity index is 893. The van der Waals surface area contributed by atoms with Crippen molar-refractivity contribution in [3.8, 4) is 0 Å². The quantitative estimate of drug-likeness (QED) is 0.695. The minimum Gasteiger partial charge on any atom is -0.340 e. The van der Waals surface area contributed by atoms with Crippen LogP contribution in [0.1, 0.15) is 17.5 Å². The van der Waals surface area contributed by atoms with Crippen molar-refractivity contribution in [2.45, 2.75) is 19.3 Å². The highest BCUT2D eigenvalue weighted by molar-refractivity contribution is 9.10. The van der Waals surface area contributed by atoms with Gasteiger partial charge in [-0.25, -0.2) is 0 Å². The number of para-hydroxylation sites is 1. The number of amides is 2. The molecule has 0 N–H and O–H groups in total. The van der Waals surface area contributed by atoms with E-state index in [0.29, 0.717) is 26.1 Å². The smallest absolute Gasteiger partial charge is 0.241 e. The number of halogens is 1. The summed E-state index contributed by atoms with van der Waals surface area (Å²) in [5.41, 5.74) is 3.47. The van der Waals surface area contributed by atoms with Crippen LogP contribution in [0, 0.1) is 0 Å². The third kappa shape index (κ3) is 4.70. The normalized spacial score (nSPS) is 16.7. The maximum absolute atomic E-state index is 12.8. The van der Waals surface area contributed by atoms with Crippen molar-refractivity contribution < 1.29 is 9.59 Å². The molecule has 152 valence electrons. The number of carbonyl (C=O) groups excluding carboxylic acids is 2. The lowest BCUT2D eigenvalue weighted by atomic mass is 10.1. The van der Waals surface area contributed by atoms with Crippen LogP contribution in [0.15, 0.2) is 53.0 Å². The van der Waals surface area contributed by atoms with Crippen LogP contribution in [0.5, 0.6) is 0 Å². The van der Waals surface area contributed by atoms with Gasteiger partial charge in [0.15, 0.2) is 0 Å². The molecular weight excluding hydrogens is 430 g/mol. The molecular formula is C23H26BrN3O2. The third-order valence-corrected chi connectivity index (χ3v) is 6.61. The van der Waals surface area contributed by atoms with E-state index in [-0.39, 0.29) is 11.8 Å². The van der Waals surface area contributed by atoms with E-state index in [4.69, 9.17) is 0 Å². The maximum Gasteiger partial charge on any atom is 0.241 e. The van der Waals surface area contributed by atoms with E-state index in [0.717, 1.165) is 48.2 Å². The highest BCUT2D eigenvalue weighted by Crippen LogP contribution is 2.27. The molecule has 2 aliphatic heterocycles. The molecule has 0 bridgehead atoms. The summed E-state index contributed by atoms with van der Waals surface area (Å²) >= 11 is 3.54. The first-order valence-corrected chi connectivity index (χ1v) is 11.0. The largest absolute Gasteiger partial charge is 0.340 e. The molecule has 0 spiro atoms. The summed E-state index contributed by atoms with van der Waals surface area (Å²) in [6.45, 7) is 4.08. The third-order valence-electron chi connectivity index (χ3n) is 5.84. The Morgan fingerprint density at radius 3 is 2.38 bits per heavy atom. The SMILES string of the molecule is O=C(CCc1ccccc1Br)N1CCN(CC(=O)N2CCc3ccccc32)CC1. The Balaban J connectivity index is 1.24. The fourth-order valence-corrected chi connectivity index (χ4v) is 4.61. The number of nitrogens with zero attached hydrogens (tertiary/aromatic N) is 3. The van der Waals surface area contributed by atoms with Gasteiger partial charge in [0.2, 0.25) is 11.8 Å². The van der Waals surface area contributed by atoms with E-state index in [9.17, 15) is 9.59 Å². The molecule has 0 saturated carbocycles. The van der Waals surface area contributed by atoms with Crippen molar-refractivity contribution in [1.82, 2.24) is 9.80 Å². The lowest BCUT2D eigenvalue weighted by molar-refractivity contribution is -0.133. The second kappa shape index (κ2) is 9.09. The van der Waals surface area contributed by atoms with Crippen molar-refractivity contribution in [3.05, 3.63) is 64.1 Å². The molecule has 0 aromatic heterocycles. The van der Waals surface area contributed by atoms with E-state index in [1.807, 2.05) is 46.2 Å². The van der Waals surface area contributed by atoms with Crippen LogP contribution in [0.25, 0.3) is 0 Å². The van der Waals surface area contributed by atoms with Gasteiger partial charge in [-0.1, -0.05) is 52.3 Å². The maximum atomic E-state index is 12.8. The average Bonchev–Trinajstić information content (AvgIpc) is 3.18. The molecule has 2 aromatic rings. The number of carbonyl (C=O) groups is 2. The number of anilines is 1. The fourth-order valence-electron chi connectivity index (χ4n) is 4.13.